The Labute approximate surface area is 127 Å². The molecule has 0 bridgehead atoms. The van der Waals surface area contributed by atoms with Gasteiger partial charge in [-0.2, -0.15) is 5.26 Å². The summed E-state index contributed by atoms with van der Waals surface area (Å²) in [5.41, 5.74) is 3.42. The van der Waals surface area contributed by atoms with E-state index in [0.717, 1.165) is 21.4 Å². The molecule has 0 aromatic heterocycles. The summed E-state index contributed by atoms with van der Waals surface area (Å²) >= 11 is 3.48. The van der Waals surface area contributed by atoms with Gasteiger partial charge in [0.05, 0.1) is 17.7 Å². The van der Waals surface area contributed by atoms with E-state index in [0.29, 0.717) is 5.56 Å². The summed E-state index contributed by atoms with van der Waals surface area (Å²) in [4.78, 5) is 2.00. The van der Waals surface area contributed by atoms with Gasteiger partial charge >= 0.3 is 0 Å². The number of rotatable bonds is 3. The van der Waals surface area contributed by atoms with E-state index in [9.17, 15) is 5.11 Å². The third-order valence-electron chi connectivity index (χ3n) is 3.18. The molecule has 0 aliphatic rings. The average Bonchev–Trinajstić information content (AvgIpc) is 2.46. The highest BCUT2D eigenvalue weighted by molar-refractivity contribution is 9.10. The Morgan fingerprint density at radius 2 is 1.90 bits per heavy atom. The fourth-order valence-corrected chi connectivity index (χ4v) is 2.69. The molecule has 0 heterocycles. The first-order chi connectivity index (χ1) is 9.52. The van der Waals surface area contributed by atoms with Crippen LogP contribution in [0.15, 0.2) is 46.9 Å². The molecule has 2 rings (SSSR count). The van der Waals surface area contributed by atoms with Crippen molar-refractivity contribution in [3.05, 3.63) is 58.1 Å². The van der Waals surface area contributed by atoms with E-state index >= 15 is 0 Å². The van der Waals surface area contributed by atoms with E-state index in [1.165, 1.54) is 0 Å². The Morgan fingerprint density at radius 1 is 1.20 bits per heavy atom. The molecule has 4 heteroatoms. The number of hydrogen-bond acceptors (Lipinski definition) is 3. The third-order valence-corrected chi connectivity index (χ3v) is 3.87. The first kappa shape index (κ1) is 14.6. The molecular weight excluding hydrogens is 316 g/mol. The quantitative estimate of drug-likeness (QED) is 0.919. The van der Waals surface area contributed by atoms with Crippen molar-refractivity contribution in [3.63, 3.8) is 0 Å². The fourth-order valence-electron chi connectivity index (χ4n) is 2.00. The number of aliphatic hydroxyl groups is 1. The predicted molar refractivity (Wildman–Crippen MR) is 84.0 cm³/mol. The van der Waals surface area contributed by atoms with Crippen LogP contribution in [0.4, 0.5) is 11.4 Å². The topological polar surface area (TPSA) is 47.3 Å². The number of nitrogens with zero attached hydrogens (tertiary/aromatic N) is 2. The zero-order chi connectivity index (χ0) is 14.7. The van der Waals surface area contributed by atoms with Gasteiger partial charge in [0, 0.05) is 22.9 Å². The lowest BCUT2D eigenvalue weighted by molar-refractivity contribution is 0.198. The Balaban J connectivity index is 2.36. The SMILES string of the molecule is C[C@@H](O)c1ccc(N(C)c2cccc(C#N)c2)cc1Br. The maximum absolute atomic E-state index is 9.64. The van der Waals surface area contributed by atoms with Gasteiger partial charge in [-0.05, 0) is 42.8 Å². The van der Waals surface area contributed by atoms with Crippen molar-refractivity contribution in [2.45, 2.75) is 13.0 Å². The second kappa shape index (κ2) is 6.08. The average molecular weight is 331 g/mol. The standard InChI is InChI=1S/C16H15BrN2O/c1-11(20)15-7-6-14(9-16(15)17)19(2)13-5-3-4-12(8-13)10-18/h3-9,11,20H,1-2H3/t11-/m1/s1. The largest absolute Gasteiger partial charge is 0.389 e. The minimum absolute atomic E-state index is 0.509. The van der Waals surface area contributed by atoms with Gasteiger partial charge in [0.2, 0.25) is 0 Å². The highest BCUT2D eigenvalue weighted by Crippen LogP contribution is 2.31. The maximum Gasteiger partial charge on any atom is 0.0992 e. The number of nitriles is 1. The summed E-state index contributed by atoms with van der Waals surface area (Å²) < 4.78 is 0.869. The third kappa shape index (κ3) is 3.01. The minimum atomic E-state index is -0.509. The summed E-state index contributed by atoms with van der Waals surface area (Å²) in [6.07, 6.45) is -0.509. The van der Waals surface area contributed by atoms with Crippen LogP contribution in [0, 0.1) is 11.3 Å². The smallest absolute Gasteiger partial charge is 0.0992 e. The number of anilines is 2. The van der Waals surface area contributed by atoms with Crippen LogP contribution in [0.1, 0.15) is 24.2 Å². The molecule has 0 radical (unpaired) electrons. The molecule has 0 amide bonds. The van der Waals surface area contributed by atoms with Crippen molar-refractivity contribution < 1.29 is 5.11 Å². The molecule has 0 fully saturated rings. The molecule has 0 spiro atoms. The Kier molecular flexibility index (Phi) is 4.43. The summed E-state index contributed by atoms with van der Waals surface area (Å²) in [5.74, 6) is 0. The fraction of sp³-hybridized carbons (Fsp3) is 0.188. The van der Waals surface area contributed by atoms with Gasteiger partial charge in [-0.25, -0.2) is 0 Å². The highest BCUT2D eigenvalue weighted by Gasteiger charge is 2.10. The molecule has 2 aromatic carbocycles. The van der Waals surface area contributed by atoms with Crippen LogP contribution in [-0.2, 0) is 0 Å². The van der Waals surface area contributed by atoms with E-state index < -0.39 is 6.10 Å². The Morgan fingerprint density at radius 3 is 2.50 bits per heavy atom. The van der Waals surface area contributed by atoms with Crippen molar-refractivity contribution in [1.29, 1.82) is 5.26 Å². The lowest BCUT2D eigenvalue weighted by Gasteiger charge is -2.21. The molecule has 1 atom stereocenters. The number of aliphatic hydroxyl groups excluding tert-OH is 1. The van der Waals surface area contributed by atoms with Crippen LogP contribution in [0.5, 0.6) is 0 Å². The van der Waals surface area contributed by atoms with Crippen LogP contribution in [0.2, 0.25) is 0 Å². The van der Waals surface area contributed by atoms with Gasteiger partial charge in [0.25, 0.3) is 0 Å². The van der Waals surface area contributed by atoms with Crippen molar-refractivity contribution in [1.82, 2.24) is 0 Å². The molecule has 2 aromatic rings. The lowest BCUT2D eigenvalue weighted by Crippen LogP contribution is -2.10. The van der Waals surface area contributed by atoms with Crippen LogP contribution in [0.25, 0.3) is 0 Å². The first-order valence-corrected chi connectivity index (χ1v) is 7.03. The van der Waals surface area contributed by atoms with E-state index in [2.05, 4.69) is 22.0 Å². The maximum atomic E-state index is 9.64. The van der Waals surface area contributed by atoms with Gasteiger partial charge < -0.3 is 10.0 Å². The second-order valence-corrected chi connectivity index (χ2v) is 5.46. The molecule has 102 valence electrons. The van der Waals surface area contributed by atoms with Gasteiger partial charge in [0.15, 0.2) is 0 Å². The van der Waals surface area contributed by atoms with Crippen molar-refractivity contribution in [3.8, 4) is 6.07 Å². The number of halogens is 1. The summed E-state index contributed by atoms with van der Waals surface area (Å²) in [6.45, 7) is 1.74. The van der Waals surface area contributed by atoms with E-state index in [-0.39, 0.29) is 0 Å². The number of hydrogen-bond donors (Lipinski definition) is 1. The zero-order valence-corrected chi connectivity index (χ0v) is 12.9. The second-order valence-electron chi connectivity index (χ2n) is 4.60. The zero-order valence-electron chi connectivity index (χ0n) is 11.3. The van der Waals surface area contributed by atoms with Crippen LogP contribution < -0.4 is 4.90 Å². The van der Waals surface area contributed by atoms with Crippen molar-refractivity contribution in [2.24, 2.45) is 0 Å². The summed E-state index contributed by atoms with van der Waals surface area (Å²) in [7, 11) is 1.94. The summed E-state index contributed by atoms with van der Waals surface area (Å²) in [5, 5.41) is 18.6. The predicted octanol–water partition coefficient (Wildman–Crippen LogP) is 4.14. The van der Waals surface area contributed by atoms with Crippen molar-refractivity contribution in [2.75, 3.05) is 11.9 Å². The number of benzene rings is 2. The van der Waals surface area contributed by atoms with Gasteiger partial charge in [-0.15, -0.1) is 0 Å². The van der Waals surface area contributed by atoms with Crippen LogP contribution in [-0.4, -0.2) is 12.2 Å². The molecule has 1 N–H and O–H groups in total. The molecule has 0 saturated heterocycles. The van der Waals surface area contributed by atoms with Crippen LogP contribution >= 0.6 is 15.9 Å². The first-order valence-electron chi connectivity index (χ1n) is 6.24. The molecule has 3 nitrogen and oxygen atoms in total. The van der Waals surface area contributed by atoms with E-state index in [1.54, 1.807) is 13.0 Å². The lowest BCUT2D eigenvalue weighted by atomic mass is 10.1. The van der Waals surface area contributed by atoms with Gasteiger partial charge in [-0.1, -0.05) is 28.1 Å². The van der Waals surface area contributed by atoms with Crippen LogP contribution in [0.3, 0.4) is 0 Å². The molecular formula is C16H15BrN2O. The monoisotopic (exact) mass is 330 g/mol. The normalized spacial score (nSPS) is 11.8. The minimum Gasteiger partial charge on any atom is -0.389 e. The molecule has 0 aliphatic heterocycles. The Hall–Kier alpha value is -1.83. The van der Waals surface area contributed by atoms with Crippen molar-refractivity contribution >= 4 is 27.3 Å². The molecule has 0 unspecified atom stereocenters. The highest BCUT2D eigenvalue weighted by atomic mass is 79.9. The van der Waals surface area contributed by atoms with E-state index in [1.807, 2.05) is 48.3 Å². The Bertz CT molecular complexity index is 662. The van der Waals surface area contributed by atoms with Gasteiger partial charge in [0.1, 0.15) is 0 Å². The molecule has 20 heavy (non-hydrogen) atoms. The summed E-state index contributed by atoms with van der Waals surface area (Å²) in [6, 6.07) is 15.4. The molecule has 0 aliphatic carbocycles. The molecule has 0 saturated carbocycles. The van der Waals surface area contributed by atoms with E-state index in [4.69, 9.17) is 5.26 Å². The van der Waals surface area contributed by atoms with Gasteiger partial charge in [-0.3, -0.25) is 0 Å².